The Bertz CT molecular complexity index is 666. The molecule has 1 N–H and O–H groups in total. The van der Waals surface area contributed by atoms with Crippen molar-refractivity contribution in [3.63, 3.8) is 0 Å². The fourth-order valence-corrected chi connectivity index (χ4v) is 3.28. The minimum absolute atomic E-state index is 0.168. The molecule has 2 heterocycles. The number of carbonyl (C=O) groups is 3. The first-order valence-electron chi connectivity index (χ1n) is 8.76. The molecule has 8 heteroatoms. The number of amides is 2. The zero-order chi connectivity index (χ0) is 18.5. The van der Waals surface area contributed by atoms with E-state index in [0.29, 0.717) is 44.2 Å². The highest BCUT2D eigenvalue weighted by Crippen LogP contribution is 2.19. The third-order valence-corrected chi connectivity index (χ3v) is 4.92. The van der Waals surface area contributed by atoms with Crippen LogP contribution in [0.15, 0.2) is 24.3 Å². The smallest absolute Gasteiger partial charge is 0.290 e. The number of hydrogen-bond donors (Lipinski definition) is 1. The molecule has 3 rings (SSSR count). The van der Waals surface area contributed by atoms with Gasteiger partial charge < -0.3 is 19.9 Å². The molecule has 1 aromatic rings. The Labute approximate surface area is 157 Å². The quantitative estimate of drug-likeness (QED) is 0.767. The molecule has 0 radical (unpaired) electrons. The van der Waals surface area contributed by atoms with Gasteiger partial charge in [0.05, 0.1) is 6.54 Å². The molecule has 0 spiro atoms. The summed E-state index contributed by atoms with van der Waals surface area (Å²) < 4.78 is 5.20. The van der Waals surface area contributed by atoms with Crippen LogP contribution in [0.2, 0.25) is 5.02 Å². The largest absolute Gasteiger partial charge is 0.370 e. The van der Waals surface area contributed by atoms with Crippen LogP contribution in [0, 0.1) is 0 Å². The Hall–Kier alpha value is -2.12. The van der Waals surface area contributed by atoms with E-state index in [1.54, 1.807) is 4.90 Å². The third kappa shape index (κ3) is 4.53. The van der Waals surface area contributed by atoms with Crippen molar-refractivity contribution in [2.24, 2.45) is 0 Å². The van der Waals surface area contributed by atoms with Crippen LogP contribution in [0.5, 0.6) is 0 Å². The molecule has 0 aliphatic carbocycles. The van der Waals surface area contributed by atoms with Gasteiger partial charge in [-0.25, -0.2) is 0 Å². The first kappa shape index (κ1) is 18.7. The number of benzene rings is 1. The predicted molar refractivity (Wildman–Crippen MR) is 97.2 cm³/mol. The summed E-state index contributed by atoms with van der Waals surface area (Å²) >= 11 is 5.90. The molecule has 1 aromatic carbocycles. The van der Waals surface area contributed by atoms with Gasteiger partial charge in [-0.3, -0.25) is 14.4 Å². The molecule has 0 bridgehead atoms. The van der Waals surface area contributed by atoms with Crippen molar-refractivity contribution in [1.29, 1.82) is 0 Å². The van der Waals surface area contributed by atoms with Crippen LogP contribution in [-0.4, -0.2) is 67.9 Å². The van der Waals surface area contributed by atoms with Crippen LogP contribution in [-0.2, 0) is 19.1 Å². The summed E-state index contributed by atoms with van der Waals surface area (Å²) in [6.07, 6.45) is 0.681. The molecular weight excluding hydrogens is 358 g/mol. The van der Waals surface area contributed by atoms with Gasteiger partial charge in [0.1, 0.15) is 6.10 Å². The lowest BCUT2D eigenvalue weighted by atomic mass is 10.1. The molecule has 140 valence electrons. The molecule has 2 saturated heterocycles. The summed E-state index contributed by atoms with van der Waals surface area (Å²) in [5, 5.41) is 3.11. The molecule has 2 aliphatic heterocycles. The predicted octanol–water partition coefficient (Wildman–Crippen LogP) is 0.853. The van der Waals surface area contributed by atoms with Gasteiger partial charge in [0.25, 0.3) is 5.91 Å². The molecule has 0 saturated carbocycles. The molecule has 2 amide bonds. The summed E-state index contributed by atoms with van der Waals surface area (Å²) in [6.45, 7) is 2.87. The van der Waals surface area contributed by atoms with E-state index in [0.717, 1.165) is 12.1 Å². The van der Waals surface area contributed by atoms with E-state index in [9.17, 15) is 14.4 Å². The van der Waals surface area contributed by atoms with Gasteiger partial charge in [-0.05, 0) is 37.1 Å². The summed E-state index contributed by atoms with van der Waals surface area (Å²) in [5.74, 6) is -1.53. The average molecular weight is 380 g/mol. The number of Topliss-reactive ketones (excluding diaryl/α,β-unsaturated/α-hetero) is 1. The van der Waals surface area contributed by atoms with E-state index < -0.39 is 17.8 Å². The number of rotatable bonds is 5. The van der Waals surface area contributed by atoms with E-state index in [2.05, 4.69) is 10.2 Å². The molecule has 7 nitrogen and oxygen atoms in total. The lowest BCUT2D eigenvalue weighted by Gasteiger charge is -2.36. The number of nitrogens with one attached hydrogen (secondary N) is 1. The Morgan fingerprint density at radius 2 is 1.81 bits per heavy atom. The van der Waals surface area contributed by atoms with Gasteiger partial charge in [0, 0.05) is 43.5 Å². The lowest BCUT2D eigenvalue weighted by Crippen LogP contribution is -2.52. The third-order valence-electron chi connectivity index (χ3n) is 4.67. The number of ketones is 1. The number of nitrogens with zero attached hydrogens (tertiary/aromatic N) is 2. The van der Waals surface area contributed by atoms with Gasteiger partial charge in [0.2, 0.25) is 11.7 Å². The molecule has 2 aliphatic rings. The highest BCUT2D eigenvalue weighted by atomic mass is 35.5. The van der Waals surface area contributed by atoms with Crippen molar-refractivity contribution in [1.82, 2.24) is 10.2 Å². The maximum atomic E-state index is 12.3. The first-order chi connectivity index (χ1) is 12.5. The average Bonchev–Trinajstić information content (AvgIpc) is 3.20. The molecule has 1 atom stereocenters. The second kappa shape index (κ2) is 8.51. The van der Waals surface area contributed by atoms with E-state index >= 15 is 0 Å². The van der Waals surface area contributed by atoms with E-state index in [1.807, 2.05) is 24.3 Å². The summed E-state index contributed by atoms with van der Waals surface area (Å²) in [5.41, 5.74) is 1.07. The van der Waals surface area contributed by atoms with Crippen LogP contribution in [0.25, 0.3) is 0 Å². The minimum atomic E-state index is -0.745. The van der Waals surface area contributed by atoms with Crippen molar-refractivity contribution in [3.05, 3.63) is 29.3 Å². The van der Waals surface area contributed by atoms with Crippen molar-refractivity contribution < 1.29 is 19.1 Å². The molecule has 2 fully saturated rings. The van der Waals surface area contributed by atoms with Crippen LogP contribution in [0.4, 0.5) is 5.69 Å². The van der Waals surface area contributed by atoms with Gasteiger partial charge >= 0.3 is 0 Å². The summed E-state index contributed by atoms with van der Waals surface area (Å²) in [6, 6.07) is 7.59. The van der Waals surface area contributed by atoms with Gasteiger partial charge in [0.15, 0.2) is 0 Å². The van der Waals surface area contributed by atoms with E-state index in [4.69, 9.17) is 16.3 Å². The highest BCUT2D eigenvalue weighted by Gasteiger charge is 2.29. The minimum Gasteiger partial charge on any atom is -0.370 e. The first-order valence-corrected chi connectivity index (χ1v) is 9.14. The monoisotopic (exact) mass is 379 g/mol. The molecule has 26 heavy (non-hydrogen) atoms. The van der Waals surface area contributed by atoms with Gasteiger partial charge in [-0.1, -0.05) is 11.6 Å². The van der Waals surface area contributed by atoms with Crippen LogP contribution in [0.3, 0.4) is 0 Å². The molecular formula is C18H22ClN3O4. The summed E-state index contributed by atoms with van der Waals surface area (Å²) in [7, 11) is 0. The van der Waals surface area contributed by atoms with Crippen LogP contribution >= 0.6 is 11.6 Å². The Kier molecular flexibility index (Phi) is 6.11. The second-order valence-electron chi connectivity index (χ2n) is 6.39. The Morgan fingerprint density at radius 3 is 2.42 bits per heavy atom. The number of halogens is 1. The molecule has 0 aromatic heterocycles. The number of ether oxygens (including phenoxy) is 1. The topological polar surface area (TPSA) is 79.0 Å². The number of anilines is 1. The fourth-order valence-electron chi connectivity index (χ4n) is 3.15. The standard InChI is InChI=1S/C18H22ClN3O4/c19-13-3-5-14(6-4-13)21-7-9-22(10-8-21)16(23)12-20-18(25)17(24)15-2-1-11-26-15/h3-6,15H,1-2,7-12H2,(H,20,25). The maximum Gasteiger partial charge on any atom is 0.290 e. The second-order valence-corrected chi connectivity index (χ2v) is 6.83. The van der Waals surface area contributed by atoms with Crippen LogP contribution < -0.4 is 10.2 Å². The zero-order valence-electron chi connectivity index (χ0n) is 14.4. The van der Waals surface area contributed by atoms with E-state index in [-0.39, 0.29) is 12.5 Å². The Balaban J connectivity index is 1.42. The SMILES string of the molecule is O=C(NCC(=O)N1CCN(c2ccc(Cl)cc2)CC1)C(=O)C1CCCO1. The number of hydrogen-bond acceptors (Lipinski definition) is 5. The number of piperazine rings is 1. The highest BCUT2D eigenvalue weighted by molar-refractivity contribution is 6.38. The summed E-state index contributed by atoms with van der Waals surface area (Å²) in [4.78, 5) is 39.9. The van der Waals surface area contributed by atoms with Crippen molar-refractivity contribution in [2.45, 2.75) is 18.9 Å². The zero-order valence-corrected chi connectivity index (χ0v) is 15.2. The fraction of sp³-hybridized carbons (Fsp3) is 0.500. The van der Waals surface area contributed by atoms with Crippen molar-refractivity contribution in [2.75, 3.05) is 44.2 Å². The lowest BCUT2D eigenvalue weighted by molar-refractivity contribution is -0.144. The normalized spacial score (nSPS) is 20.1. The van der Waals surface area contributed by atoms with Crippen molar-refractivity contribution >= 4 is 34.9 Å². The van der Waals surface area contributed by atoms with Crippen LogP contribution in [0.1, 0.15) is 12.8 Å². The van der Waals surface area contributed by atoms with Gasteiger partial charge in [-0.15, -0.1) is 0 Å². The number of carbonyl (C=O) groups excluding carboxylic acids is 3. The Morgan fingerprint density at radius 1 is 1.12 bits per heavy atom. The maximum absolute atomic E-state index is 12.3. The van der Waals surface area contributed by atoms with Gasteiger partial charge in [-0.2, -0.15) is 0 Å². The van der Waals surface area contributed by atoms with E-state index in [1.165, 1.54) is 0 Å². The molecule has 1 unspecified atom stereocenters. The van der Waals surface area contributed by atoms with Crippen molar-refractivity contribution in [3.8, 4) is 0 Å².